The predicted molar refractivity (Wildman–Crippen MR) is 140 cm³/mol. The van der Waals surface area contributed by atoms with Crippen LogP contribution in [0.3, 0.4) is 0 Å². The van der Waals surface area contributed by atoms with Crippen LogP contribution < -0.4 is 10.9 Å². The van der Waals surface area contributed by atoms with Crippen LogP contribution in [-0.4, -0.2) is 68.3 Å². The molecule has 1 aliphatic rings. The van der Waals surface area contributed by atoms with Crippen molar-refractivity contribution in [3.8, 4) is 22.3 Å². The second kappa shape index (κ2) is 11.1. The maximum atomic E-state index is 13.3. The molecule has 0 atom stereocenters. The molecule has 1 saturated heterocycles. The van der Waals surface area contributed by atoms with Crippen LogP contribution in [-0.2, 0) is 6.54 Å². The Morgan fingerprint density at radius 2 is 1.85 bits per heavy atom. The van der Waals surface area contributed by atoms with E-state index in [4.69, 9.17) is 0 Å². The molecule has 0 aromatic carbocycles. The number of nitrogens with zero attached hydrogens (tertiary/aromatic N) is 5. The van der Waals surface area contributed by atoms with Crippen LogP contribution >= 0.6 is 11.3 Å². The van der Waals surface area contributed by atoms with Gasteiger partial charge in [0, 0.05) is 68.3 Å². The largest absolute Gasteiger partial charge is 0.405 e. The molecule has 4 aromatic rings. The van der Waals surface area contributed by atoms with Gasteiger partial charge in [-0.2, -0.15) is 18.3 Å². The lowest BCUT2D eigenvalue weighted by molar-refractivity contribution is -0.123. The highest BCUT2D eigenvalue weighted by Crippen LogP contribution is 2.30. The maximum absolute atomic E-state index is 13.3. The number of nitrogens with one attached hydrogen (secondary N) is 1. The van der Waals surface area contributed by atoms with Gasteiger partial charge in [0.25, 0.3) is 17.4 Å². The van der Waals surface area contributed by atoms with E-state index >= 15 is 0 Å². The minimum atomic E-state index is -4.50. The van der Waals surface area contributed by atoms with Crippen LogP contribution in [0.25, 0.3) is 27.9 Å². The van der Waals surface area contributed by atoms with Gasteiger partial charge in [-0.1, -0.05) is 0 Å². The van der Waals surface area contributed by atoms with Crippen LogP contribution in [0.5, 0.6) is 0 Å². The van der Waals surface area contributed by atoms with Gasteiger partial charge < -0.3 is 14.8 Å². The summed E-state index contributed by atoms with van der Waals surface area (Å²) >= 11 is 1.02. The molecule has 1 fully saturated rings. The number of alkyl halides is 5. The Hall–Kier alpha value is -3.65. The Balaban J connectivity index is 1.24. The van der Waals surface area contributed by atoms with Gasteiger partial charge in [0.1, 0.15) is 6.54 Å². The summed E-state index contributed by atoms with van der Waals surface area (Å²) in [5, 5.41) is 7.81. The van der Waals surface area contributed by atoms with Crippen LogP contribution in [0, 0.1) is 0 Å². The van der Waals surface area contributed by atoms with E-state index in [1.54, 1.807) is 40.8 Å². The van der Waals surface area contributed by atoms with E-state index < -0.39 is 24.6 Å². The molecular weight excluding hydrogens is 555 g/mol. The summed E-state index contributed by atoms with van der Waals surface area (Å²) in [5.74, 6) is -3.39. The molecule has 0 unspecified atom stereocenters. The molecule has 1 amide bonds. The van der Waals surface area contributed by atoms with Crippen molar-refractivity contribution in [1.29, 1.82) is 0 Å². The summed E-state index contributed by atoms with van der Waals surface area (Å²) in [6.45, 7) is 0.429. The molecule has 0 spiro atoms. The fraction of sp³-hybridized carbons (Fsp3) is 0.385. The molecular formula is C26H25F5N6O2S. The van der Waals surface area contributed by atoms with Gasteiger partial charge in [0.15, 0.2) is 5.65 Å². The fourth-order valence-corrected chi connectivity index (χ4v) is 5.36. The highest BCUT2D eigenvalue weighted by Gasteiger charge is 2.33. The average Bonchev–Trinajstić information content (AvgIpc) is 3.55. The minimum Gasteiger partial charge on any atom is -0.342 e. The van der Waals surface area contributed by atoms with Crippen LogP contribution in [0.1, 0.15) is 28.9 Å². The normalized spacial score (nSPS) is 15.9. The van der Waals surface area contributed by atoms with Crippen molar-refractivity contribution in [1.82, 2.24) is 29.4 Å². The standard InChI is InChI=1S/C26H25F5N6O2S/c27-25(28)3-8-35(9-4-25)5-1-6-36-7-2-17(11-22(36)38)19-12-32-23-20(13-34-37(23)14-19)18-10-21(40-15-18)24(39)33-16-26(29,30)31/h2,7,10-15H,1,3-6,8-9,16H2,(H,33,39). The number of carbonyl (C=O) groups excluding carboxylic acids is 1. The van der Waals surface area contributed by atoms with Crippen molar-refractivity contribution in [3.05, 3.63) is 63.6 Å². The van der Waals surface area contributed by atoms with Gasteiger partial charge in [-0.25, -0.2) is 18.3 Å². The highest BCUT2D eigenvalue weighted by molar-refractivity contribution is 7.12. The number of pyridine rings is 1. The second-order valence-electron chi connectivity index (χ2n) is 9.66. The van der Waals surface area contributed by atoms with Crippen molar-refractivity contribution in [2.75, 3.05) is 26.2 Å². The molecule has 14 heteroatoms. The van der Waals surface area contributed by atoms with Gasteiger partial charge in [-0.15, -0.1) is 11.3 Å². The van der Waals surface area contributed by atoms with Crippen molar-refractivity contribution in [3.63, 3.8) is 0 Å². The van der Waals surface area contributed by atoms with Gasteiger partial charge in [0.05, 0.1) is 11.1 Å². The molecule has 0 aliphatic carbocycles. The first-order valence-electron chi connectivity index (χ1n) is 12.6. The predicted octanol–water partition coefficient (Wildman–Crippen LogP) is 4.70. The summed E-state index contributed by atoms with van der Waals surface area (Å²) in [4.78, 5) is 31.4. The van der Waals surface area contributed by atoms with E-state index in [0.717, 1.165) is 11.3 Å². The highest BCUT2D eigenvalue weighted by atomic mass is 32.1. The first-order chi connectivity index (χ1) is 19.0. The third-order valence-corrected chi connectivity index (χ3v) is 7.66. The molecule has 0 bridgehead atoms. The smallest absolute Gasteiger partial charge is 0.342 e. The number of halogens is 5. The summed E-state index contributed by atoms with van der Waals surface area (Å²) in [6.07, 6.45) is 2.45. The van der Waals surface area contributed by atoms with Gasteiger partial charge in [-0.05, 0) is 41.6 Å². The topological polar surface area (TPSA) is 84.5 Å². The quantitative estimate of drug-likeness (QED) is 0.306. The zero-order valence-corrected chi connectivity index (χ0v) is 21.9. The van der Waals surface area contributed by atoms with Crippen molar-refractivity contribution >= 4 is 22.9 Å². The summed E-state index contributed by atoms with van der Waals surface area (Å²) in [6, 6.07) is 4.78. The Labute approximate surface area is 229 Å². The summed E-state index contributed by atoms with van der Waals surface area (Å²) < 4.78 is 66.9. The molecule has 0 saturated carbocycles. The molecule has 1 aliphatic heterocycles. The number of carbonyl (C=O) groups is 1. The Kier molecular flexibility index (Phi) is 7.73. The average molecular weight is 581 g/mol. The number of hydrogen-bond donors (Lipinski definition) is 1. The number of aryl methyl sites for hydroxylation is 1. The Bertz CT molecular complexity index is 1570. The van der Waals surface area contributed by atoms with Crippen LogP contribution in [0.4, 0.5) is 22.0 Å². The Morgan fingerprint density at radius 3 is 2.58 bits per heavy atom. The zero-order valence-electron chi connectivity index (χ0n) is 21.1. The van der Waals surface area contributed by atoms with E-state index in [2.05, 4.69) is 10.1 Å². The molecule has 1 N–H and O–H groups in total. The lowest BCUT2D eigenvalue weighted by atomic mass is 10.1. The zero-order chi connectivity index (χ0) is 28.5. The van der Waals surface area contributed by atoms with Crippen molar-refractivity contribution in [2.24, 2.45) is 0 Å². The lowest BCUT2D eigenvalue weighted by Gasteiger charge is -2.31. The number of rotatable bonds is 8. The molecule has 40 heavy (non-hydrogen) atoms. The molecule has 5 rings (SSSR count). The monoisotopic (exact) mass is 580 g/mol. The Morgan fingerprint density at radius 1 is 1.07 bits per heavy atom. The fourth-order valence-electron chi connectivity index (χ4n) is 4.53. The third-order valence-electron chi connectivity index (χ3n) is 6.73. The van der Waals surface area contributed by atoms with E-state index in [9.17, 15) is 31.5 Å². The number of piperidine rings is 1. The van der Waals surface area contributed by atoms with Crippen molar-refractivity contribution in [2.45, 2.75) is 37.9 Å². The number of fused-ring (bicyclic) bond motifs is 1. The van der Waals surface area contributed by atoms with E-state index in [1.165, 1.54) is 16.6 Å². The maximum Gasteiger partial charge on any atom is 0.405 e. The number of hydrogen-bond acceptors (Lipinski definition) is 6. The van der Waals surface area contributed by atoms with Crippen LogP contribution in [0.2, 0.25) is 0 Å². The summed E-state index contributed by atoms with van der Waals surface area (Å²) in [5.41, 5.74) is 2.78. The van der Waals surface area contributed by atoms with Crippen molar-refractivity contribution < 1.29 is 26.7 Å². The van der Waals surface area contributed by atoms with E-state index in [1.807, 2.05) is 10.2 Å². The minimum absolute atomic E-state index is 0.130. The third kappa shape index (κ3) is 6.55. The van der Waals surface area contributed by atoms with E-state index in [0.29, 0.717) is 60.5 Å². The van der Waals surface area contributed by atoms with Crippen LogP contribution in [0.15, 0.2) is 53.2 Å². The second-order valence-corrected chi connectivity index (χ2v) is 10.6. The van der Waals surface area contributed by atoms with Gasteiger partial charge >= 0.3 is 6.18 Å². The van der Waals surface area contributed by atoms with E-state index in [-0.39, 0.29) is 23.3 Å². The van der Waals surface area contributed by atoms with Gasteiger partial charge in [0.2, 0.25) is 0 Å². The first-order valence-corrected chi connectivity index (χ1v) is 13.4. The molecule has 8 nitrogen and oxygen atoms in total. The first kappa shape index (κ1) is 27.9. The molecule has 4 aromatic heterocycles. The summed E-state index contributed by atoms with van der Waals surface area (Å²) in [7, 11) is 0. The molecule has 212 valence electrons. The number of likely N-dealkylation sites (tertiary alicyclic amines) is 1. The molecule has 5 heterocycles. The number of thiophene rings is 1. The molecule has 0 radical (unpaired) electrons. The number of amides is 1. The SMILES string of the molecule is O=C(NCC(F)(F)F)c1cc(-c2cnn3cc(-c4ccn(CCCN5CCC(F)(F)CC5)c(=O)c4)cnc23)cs1. The lowest BCUT2D eigenvalue weighted by Crippen LogP contribution is -2.40. The van der Waals surface area contributed by atoms with Gasteiger partial charge in [-0.3, -0.25) is 9.59 Å². The number of aromatic nitrogens is 4.